The molecule has 0 saturated carbocycles. The molecule has 40 heavy (non-hydrogen) atoms. The van der Waals surface area contributed by atoms with E-state index in [0.29, 0.717) is 25.3 Å². The summed E-state index contributed by atoms with van der Waals surface area (Å²) in [7, 11) is -6.59. The van der Waals surface area contributed by atoms with E-state index in [1.807, 2.05) is 35.5 Å². The average molecular weight is 575 g/mol. The molecule has 3 aromatic carbocycles. The van der Waals surface area contributed by atoms with Crippen LogP contribution < -0.4 is 10.2 Å². The Morgan fingerprint density at radius 3 is 2.45 bits per heavy atom. The first kappa shape index (κ1) is 27.7. The number of rotatable bonds is 9. The summed E-state index contributed by atoms with van der Waals surface area (Å²) in [6.45, 7) is 1.39. The van der Waals surface area contributed by atoms with Crippen molar-refractivity contribution < 1.29 is 16.8 Å². The van der Waals surface area contributed by atoms with E-state index in [1.54, 1.807) is 54.6 Å². The fraction of sp³-hybridized carbons (Fsp3) is 0.200. The molecule has 1 atom stereocenters. The van der Waals surface area contributed by atoms with Gasteiger partial charge in [0, 0.05) is 55.1 Å². The molecule has 3 aromatic rings. The molecule has 10 heteroatoms. The maximum absolute atomic E-state index is 12.9. The third kappa shape index (κ3) is 6.64. The molecule has 0 amide bonds. The SMILES string of the molecule is CS(=O)(=O)CCNCc1cccc(N2C=CC3C=NCC(=Nc4ccc(S(=O)(=O)c5ccccc5)cc4)C3=C2)c1. The van der Waals surface area contributed by atoms with Gasteiger partial charge in [0.2, 0.25) is 9.84 Å². The van der Waals surface area contributed by atoms with Gasteiger partial charge in [0.05, 0.1) is 33.5 Å². The Kier molecular flexibility index (Phi) is 8.11. The lowest BCUT2D eigenvalue weighted by atomic mass is 9.92. The second-order valence-corrected chi connectivity index (χ2v) is 13.9. The highest BCUT2D eigenvalue weighted by atomic mass is 32.2. The summed E-state index contributed by atoms with van der Waals surface area (Å²) in [4.78, 5) is 11.8. The lowest BCUT2D eigenvalue weighted by Gasteiger charge is -2.28. The van der Waals surface area contributed by atoms with Gasteiger partial charge >= 0.3 is 0 Å². The second-order valence-electron chi connectivity index (χ2n) is 9.69. The molecular weight excluding hydrogens is 544 g/mol. The number of nitrogens with zero attached hydrogens (tertiary/aromatic N) is 3. The summed E-state index contributed by atoms with van der Waals surface area (Å²) in [6, 6.07) is 23.0. The van der Waals surface area contributed by atoms with Gasteiger partial charge in [-0.1, -0.05) is 36.4 Å². The molecule has 206 valence electrons. The first-order valence-corrected chi connectivity index (χ1v) is 16.4. The topological polar surface area (TPSA) is 108 Å². The van der Waals surface area contributed by atoms with Gasteiger partial charge in [0.25, 0.3) is 0 Å². The van der Waals surface area contributed by atoms with Crippen LogP contribution in [0.25, 0.3) is 0 Å². The van der Waals surface area contributed by atoms with Crippen molar-refractivity contribution in [2.75, 3.05) is 30.0 Å². The Morgan fingerprint density at radius 1 is 0.950 bits per heavy atom. The van der Waals surface area contributed by atoms with Crippen LogP contribution in [-0.2, 0) is 26.2 Å². The smallest absolute Gasteiger partial charge is 0.206 e. The van der Waals surface area contributed by atoms with Crippen LogP contribution in [0.2, 0.25) is 0 Å². The molecule has 0 aromatic heterocycles. The highest BCUT2D eigenvalue weighted by Gasteiger charge is 2.24. The van der Waals surface area contributed by atoms with Gasteiger partial charge in [-0.3, -0.25) is 9.98 Å². The molecule has 0 spiro atoms. The second kappa shape index (κ2) is 11.7. The number of sulfone groups is 2. The number of allylic oxidation sites excluding steroid dienone is 1. The minimum absolute atomic E-state index is 0.00215. The van der Waals surface area contributed by atoms with Crippen LogP contribution in [0.15, 0.2) is 123 Å². The van der Waals surface area contributed by atoms with Crippen molar-refractivity contribution in [3.8, 4) is 0 Å². The summed E-state index contributed by atoms with van der Waals surface area (Å²) in [5, 5.41) is 3.19. The lowest BCUT2D eigenvalue weighted by Crippen LogP contribution is -2.27. The Bertz CT molecular complexity index is 1710. The average Bonchev–Trinajstić information content (AvgIpc) is 2.96. The van der Waals surface area contributed by atoms with Crippen molar-refractivity contribution in [2.45, 2.75) is 16.3 Å². The zero-order valence-corrected chi connectivity index (χ0v) is 23.6. The predicted molar refractivity (Wildman–Crippen MR) is 160 cm³/mol. The minimum Gasteiger partial charge on any atom is -0.324 e. The molecule has 0 radical (unpaired) electrons. The minimum atomic E-state index is -3.59. The van der Waals surface area contributed by atoms with Crippen molar-refractivity contribution in [2.24, 2.45) is 15.9 Å². The number of anilines is 1. The van der Waals surface area contributed by atoms with E-state index < -0.39 is 19.7 Å². The molecule has 5 rings (SSSR count). The molecule has 2 heterocycles. The van der Waals surface area contributed by atoms with Crippen LogP contribution in [0.4, 0.5) is 11.4 Å². The number of nitrogens with one attached hydrogen (secondary N) is 1. The van der Waals surface area contributed by atoms with Crippen LogP contribution in [0.3, 0.4) is 0 Å². The Morgan fingerprint density at radius 2 is 1.70 bits per heavy atom. The summed E-state index contributed by atoms with van der Waals surface area (Å²) in [5.74, 6) is 0.104. The molecule has 0 bridgehead atoms. The molecule has 1 N–H and O–H groups in total. The summed E-state index contributed by atoms with van der Waals surface area (Å²) < 4.78 is 48.6. The fourth-order valence-electron chi connectivity index (χ4n) is 4.48. The monoisotopic (exact) mass is 574 g/mol. The number of aliphatic imine (C=N–C) groups is 2. The predicted octanol–water partition coefficient (Wildman–Crippen LogP) is 4.34. The third-order valence-corrected chi connectivity index (χ3v) is 9.31. The van der Waals surface area contributed by atoms with E-state index >= 15 is 0 Å². The largest absolute Gasteiger partial charge is 0.324 e. The Hall–Kier alpha value is -3.86. The van der Waals surface area contributed by atoms with Gasteiger partial charge < -0.3 is 10.2 Å². The van der Waals surface area contributed by atoms with Crippen LogP contribution in [0, 0.1) is 5.92 Å². The van der Waals surface area contributed by atoms with Crippen molar-refractivity contribution in [3.05, 3.63) is 108 Å². The Labute approximate surface area is 235 Å². The van der Waals surface area contributed by atoms with Gasteiger partial charge in [0.1, 0.15) is 9.84 Å². The summed E-state index contributed by atoms with van der Waals surface area (Å²) in [6.07, 6.45) is 9.27. The molecule has 2 aliphatic heterocycles. The first-order valence-electron chi connectivity index (χ1n) is 12.8. The van der Waals surface area contributed by atoms with E-state index in [2.05, 4.69) is 28.7 Å². The highest BCUT2D eigenvalue weighted by Crippen LogP contribution is 2.29. The summed E-state index contributed by atoms with van der Waals surface area (Å²) in [5.41, 5.74) is 4.52. The molecule has 0 fully saturated rings. The van der Waals surface area contributed by atoms with Crippen LogP contribution in [-0.4, -0.2) is 53.9 Å². The summed E-state index contributed by atoms with van der Waals surface area (Å²) >= 11 is 0. The standard InChI is InChI=1S/C30H30N4O4S2/c1-39(35,36)17-15-31-19-23-6-5-7-26(18-23)34-16-14-24-20-32-21-30(29(24)22-34)33-25-10-12-28(13-11-25)40(37,38)27-8-3-2-4-9-27/h2-14,16,18,20,22,24,31H,15,17,19,21H2,1H3. The van der Waals surface area contributed by atoms with Crippen molar-refractivity contribution in [1.29, 1.82) is 0 Å². The lowest BCUT2D eigenvalue weighted by molar-refractivity contribution is 0.594. The zero-order chi connectivity index (χ0) is 28.2. The van der Waals surface area contributed by atoms with Gasteiger partial charge in [-0.25, -0.2) is 16.8 Å². The number of benzene rings is 3. The van der Waals surface area contributed by atoms with Crippen LogP contribution >= 0.6 is 0 Å². The number of hydrogen-bond donors (Lipinski definition) is 1. The zero-order valence-electron chi connectivity index (χ0n) is 22.0. The fourth-order valence-corrected chi connectivity index (χ4v) is 6.28. The van der Waals surface area contributed by atoms with Gasteiger partial charge in [-0.15, -0.1) is 0 Å². The number of fused-ring (bicyclic) bond motifs is 1. The highest BCUT2D eigenvalue weighted by molar-refractivity contribution is 7.91. The number of hydrogen-bond acceptors (Lipinski definition) is 8. The van der Waals surface area contributed by atoms with E-state index in [0.717, 1.165) is 22.5 Å². The van der Waals surface area contributed by atoms with Crippen LogP contribution in [0.5, 0.6) is 0 Å². The van der Waals surface area contributed by atoms with Crippen molar-refractivity contribution >= 4 is 43.0 Å². The van der Waals surface area contributed by atoms with E-state index in [9.17, 15) is 16.8 Å². The maximum Gasteiger partial charge on any atom is 0.206 e. The molecule has 1 unspecified atom stereocenters. The Balaban J connectivity index is 1.34. The molecule has 2 aliphatic rings. The van der Waals surface area contributed by atoms with Crippen molar-refractivity contribution in [1.82, 2.24) is 5.32 Å². The van der Waals surface area contributed by atoms with E-state index in [-0.39, 0.29) is 21.5 Å². The first-order chi connectivity index (χ1) is 19.2. The molecule has 8 nitrogen and oxygen atoms in total. The van der Waals surface area contributed by atoms with Gasteiger partial charge in [-0.2, -0.15) is 0 Å². The van der Waals surface area contributed by atoms with Gasteiger partial charge in [-0.05, 0) is 54.1 Å². The van der Waals surface area contributed by atoms with Crippen LogP contribution in [0.1, 0.15) is 5.56 Å². The maximum atomic E-state index is 12.9. The molecule has 0 saturated heterocycles. The van der Waals surface area contributed by atoms with Gasteiger partial charge in [0.15, 0.2) is 0 Å². The normalized spacial score (nSPS) is 18.0. The van der Waals surface area contributed by atoms with Crippen molar-refractivity contribution in [3.63, 3.8) is 0 Å². The molecule has 0 aliphatic carbocycles. The van der Waals surface area contributed by atoms with E-state index in [1.165, 1.54) is 6.26 Å². The third-order valence-electron chi connectivity index (χ3n) is 6.58. The quantitative estimate of drug-likeness (QED) is 0.381. The molecular formula is C30H30N4O4S2. The van der Waals surface area contributed by atoms with E-state index in [4.69, 9.17) is 4.99 Å².